The molecular weight excluding hydrogens is 356 g/mol. The van der Waals surface area contributed by atoms with Gasteiger partial charge in [0.15, 0.2) is 0 Å². The van der Waals surface area contributed by atoms with E-state index >= 15 is 0 Å². The average molecular weight is 387 g/mol. The summed E-state index contributed by atoms with van der Waals surface area (Å²) in [5.74, 6) is 1.29. The van der Waals surface area contributed by atoms with Gasteiger partial charge in [0.05, 0.1) is 0 Å². The van der Waals surface area contributed by atoms with E-state index in [4.69, 9.17) is 0 Å². The molecule has 2 atom stereocenters. The van der Waals surface area contributed by atoms with Crippen molar-refractivity contribution in [3.63, 3.8) is 0 Å². The van der Waals surface area contributed by atoms with E-state index in [0.717, 1.165) is 13.1 Å². The zero-order valence-electron chi connectivity index (χ0n) is 16.1. The van der Waals surface area contributed by atoms with Crippen molar-refractivity contribution < 1.29 is 4.79 Å². The number of carbonyl (C=O) groups excluding carboxylic acids is 1. The van der Waals surface area contributed by atoms with Gasteiger partial charge < -0.3 is 10.2 Å². The third-order valence-electron chi connectivity index (χ3n) is 5.42. The number of piperidine rings is 1. The molecule has 146 valence electrons. The van der Waals surface area contributed by atoms with Crippen molar-refractivity contribution in [1.82, 2.24) is 10.2 Å². The topological polar surface area (TPSA) is 32.3 Å². The van der Waals surface area contributed by atoms with Gasteiger partial charge in [-0.3, -0.25) is 4.79 Å². The molecule has 1 saturated heterocycles. The van der Waals surface area contributed by atoms with Gasteiger partial charge in [-0.15, -0.1) is 12.4 Å². The van der Waals surface area contributed by atoms with E-state index in [1.807, 2.05) is 41.3 Å². The van der Waals surface area contributed by atoms with E-state index < -0.39 is 0 Å². The minimum absolute atomic E-state index is 0. The predicted octanol–water partition coefficient (Wildman–Crippen LogP) is 4.66. The van der Waals surface area contributed by atoms with E-state index in [2.05, 4.69) is 36.5 Å². The summed E-state index contributed by atoms with van der Waals surface area (Å²) in [6, 6.07) is 20.6. The number of halogens is 1. The fourth-order valence-electron chi connectivity index (χ4n) is 3.78. The predicted molar refractivity (Wildman–Crippen MR) is 114 cm³/mol. The fraction of sp³-hybridized carbons (Fsp3) is 0.435. The molecule has 1 N–H and O–H groups in total. The van der Waals surface area contributed by atoms with Crippen LogP contribution in [0.5, 0.6) is 0 Å². The number of benzene rings is 2. The van der Waals surface area contributed by atoms with Gasteiger partial charge in [0.1, 0.15) is 0 Å². The molecule has 27 heavy (non-hydrogen) atoms. The molecule has 0 aromatic heterocycles. The maximum Gasteiger partial charge on any atom is 0.223 e. The normalized spacial score (nSPS) is 17.6. The Morgan fingerprint density at radius 1 is 1.04 bits per heavy atom. The van der Waals surface area contributed by atoms with Crippen molar-refractivity contribution in [3.05, 3.63) is 71.8 Å². The van der Waals surface area contributed by atoms with E-state index in [1.165, 1.54) is 24.0 Å². The number of nitrogens with one attached hydrogen (secondary N) is 1. The molecule has 3 rings (SSSR count). The first-order chi connectivity index (χ1) is 12.7. The van der Waals surface area contributed by atoms with Crippen LogP contribution in [0, 0.1) is 11.8 Å². The Morgan fingerprint density at radius 3 is 2.07 bits per heavy atom. The third kappa shape index (κ3) is 6.67. The smallest absolute Gasteiger partial charge is 0.223 e. The van der Waals surface area contributed by atoms with Gasteiger partial charge in [-0.2, -0.15) is 0 Å². The van der Waals surface area contributed by atoms with Crippen LogP contribution in [-0.4, -0.2) is 23.9 Å². The van der Waals surface area contributed by atoms with Crippen molar-refractivity contribution in [3.8, 4) is 0 Å². The summed E-state index contributed by atoms with van der Waals surface area (Å²) >= 11 is 0. The van der Waals surface area contributed by atoms with Gasteiger partial charge in [0.25, 0.3) is 0 Å². The second kappa shape index (κ2) is 11.1. The summed E-state index contributed by atoms with van der Waals surface area (Å²) in [5, 5.41) is 3.47. The highest BCUT2D eigenvalue weighted by molar-refractivity contribution is 5.85. The average Bonchev–Trinajstić information content (AvgIpc) is 2.69. The first kappa shape index (κ1) is 21.5. The van der Waals surface area contributed by atoms with E-state index in [9.17, 15) is 4.79 Å². The molecule has 0 spiro atoms. The molecule has 1 amide bonds. The highest BCUT2D eigenvalue weighted by Crippen LogP contribution is 2.24. The molecule has 1 fully saturated rings. The molecule has 4 heteroatoms. The number of carbonyl (C=O) groups is 1. The van der Waals surface area contributed by atoms with Crippen LogP contribution in [-0.2, 0) is 17.9 Å². The van der Waals surface area contributed by atoms with Crippen LogP contribution >= 0.6 is 12.4 Å². The van der Waals surface area contributed by atoms with Crippen LogP contribution in [0.2, 0.25) is 0 Å². The number of nitrogens with zero attached hydrogens (tertiary/aromatic N) is 1. The number of hydrogen-bond donors (Lipinski definition) is 1. The van der Waals surface area contributed by atoms with Crippen molar-refractivity contribution in [2.45, 2.75) is 39.3 Å². The fourth-order valence-corrected chi connectivity index (χ4v) is 3.78. The molecule has 1 heterocycles. The minimum Gasteiger partial charge on any atom is -0.334 e. The maximum absolute atomic E-state index is 13.1. The van der Waals surface area contributed by atoms with Crippen molar-refractivity contribution in [1.29, 1.82) is 0 Å². The highest BCUT2D eigenvalue weighted by Gasteiger charge is 2.24. The Bertz CT molecular complexity index is 630. The maximum atomic E-state index is 13.1. The molecule has 2 aromatic carbocycles. The minimum atomic E-state index is 0. The van der Waals surface area contributed by atoms with E-state index in [1.54, 1.807) is 0 Å². The monoisotopic (exact) mass is 386 g/mol. The second-order valence-corrected chi connectivity index (χ2v) is 7.51. The van der Waals surface area contributed by atoms with Gasteiger partial charge in [-0.25, -0.2) is 0 Å². The Kier molecular flexibility index (Phi) is 8.83. The van der Waals surface area contributed by atoms with Gasteiger partial charge in [0, 0.05) is 19.5 Å². The molecule has 2 unspecified atom stereocenters. The van der Waals surface area contributed by atoms with Crippen LogP contribution < -0.4 is 5.32 Å². The van der Waals surface area contributed by atoms with Crippen molar-refractivity contribution in [2.75, 3.05) is 13.1 Å². The Morgan fingerprint density at radius 2 is 1.59 bits per heavy atom. The van der Waals surface area contributed by atoms with Crippen LogP contribution in [0.4, 0.5) is 0 Å². The van der Waals surface area contributed by atoms with Crippen LogP contribution in [0.25, 0.3) is 0 Å². The molecule has 0 saturated carbocycles. The molecule has 1 aliphatic heterocycles. The summed E-state index contributed by atoms with van der Waals surface area (Å²) in [5.41, 5.74) is 2.37. The lowest BCUT2D eigenvalue weighted by atomic mass is 9.85. The largest absolute Gasteiger partial charge is 0.334 e. The summed E-state index contributed by atoms with van der Waals surface area (Å²) in [7, 11) is 0. The van der Waals surface area contributed by atoms with Gasteiger partial charge in [-0.05, 0) is 48.9 Å². The summed E-state index contributed by atoms with van der Waals surface area (Å²) in [4.78, 5) is 15.1. The number of amides is 1. The molecule has 3 nitrogen and oxygen atoms in total. The quantitative estimate of drug-likeness (QED) is 0.750. The van der Waals surface area contributed by atoms with Crippen molar-refractivity contribution >= 4 is 18.3 Å². The lowest BCUT2D eigenvalue weighted by Gasteiger charge is -2.30. The Balaban J connectivity index is 0.00000261. The summed E-state index contributed by atoms with van der Waals surface area (Å²) < 4.78 is 0. The summed E-state index contributed by atoms with van der Waals surface area (Å²) in [6.45, 7) is 5.74. The molecule has 0 radical (unpaired) electrons. The molecule has 2 aromatic rings. The Labute approximate surface area is 169 Å². The first-order valence-electron chi connectivity index (χ1n) is 9.78. The van der Waals surface area contributed by atoms with Crippen LogP contribution in [0.3, 0.4) is 0 Å². The van der Waals surface area contributed by atoms with Gasteiger partial charge in [0.2, 0.25) is 5.91 Å². The van der Waals surface area contributed by atoms with Crippen molar-refractivity contribution in [2.24, 2.45) is 11.8 Å². The molecule has 0 aliphatic carbocycles. The number of rotatable bonds is 7. The van der Waals surface area contributed by atoms with E-state index in [0.29, 0.717) is 31.3 Å². The Hall–Kier alpha value is -1.84. The first-order valence-corrected chi connectivity index (χ1v) is 9.78. The second-order valence-electron chi connectivity index (χ2n) is 7.51. The van der Waals surface area contributed by atoms with Gasteiger partial charge >= 0.3 is 0 Å². The number of hydrogen-bond acceptors (Lipinski definition) is 2. The zero-order chi connectivity index (χ0) is 18.2. The zero-order valence-corrected chi connectivity index (χ0v) is 17.0. The lowest BCUT2D eigenvalue weighted by Crippen LogP contribution is -2.37. The standard InChI is InChI=1S/C23H30N2O.ClH/c1-19(22-13-8-14-24-16-22)15-23(26)25(17-20-9-4-2-5-10-20)18-21-11-6-3-7-12-21;/h2-7,9-12,19,22,24H,8,13-18H2,1H3;1H. The molecule has 0 bridgehead atoms. The van der Waals surface area contributed by atoms with Crippen LogP contribution in [0.15, 0.2) is 60.7 Å². The lowest BCUT2D eigenvalue weighted by molar-refractivity contribution is -0.133. The molecule has 1 aliphatic rings. The summed E-state index contributed by atoms with van der Waals surface area (Å²) in [6.07, 6.45) is 3.09. The van der Waals surface area contributed by atoms with E-state index in [-0.39, 0.29) is 18.3 Å². The van der Waals surface area contributed by atoms with Gasteiger partial charge in [-0.1, -0.05) is 67.6 Å². The molecular formula is C23H31ClN2O. The highest BCUT2D eigenvalue weighted by atomic mass is 35.5. The third-order valence-corrected chi connectivity index (χ3v) is 5.42. The SMILES string of the molecule is CC(CC(=O)N(Cc1ccccc1)Cc1ccccc1)C1CCCNC1.Cl. The van der Waals surface area contributed by atoms with Crippen LogP contribution in [0.1, 0.15) is 37.3 Å².